The number of nitrogens with zero attached hydrogens (tertiary/aromatic N) is 4. The summed E-state index contributed by atoms with van der Waals surface area (Å²) in [6.45, 7) is 4.32. The van der Waals surface area contributed by atoms with Crippen LogP contribution in [-0.4, -0.2) is 66.1 Å². The van der Waals surface area contributed by atoms with Crippen molar-refractivity contribution in [2.24, 2.45) is 0 Å². The van der Waals surface area contributed by atoms with Crippen LogP contribution < -0.4 is 16.0 Å². The zero-order chi connectivity index (χ0) is 24.2. The van der Waals surface area contributed by atoms with Crippen molar-refractivity contribution in [1.29, 1.82) is 0 Å². The first-order valence-electron chi connectivity index (χ1n) is 11.8. The SMILES string of the molecule is Nc1ncc(-c2cccc(C(=O)N3CCOCC3)c2)nc1C(=O)Nc1ccc(N2CCCC2)cc1.[HH].[HH]. The van der Waals surface area contributed by atoms with Crippen LogP contribution in [0.5, 0.6) is 0 Å². The van der Waals surface area contributed by atoms with E-state index in [4.69, 9.17) is 10.5 Å². The van der Waals surface area contributed by atoms with E-state index in [9.17, 15) is 9.59 Å². The summed E-state index contributed by atoms with van der Waals surface area (Å²) in [6, 6.07) is 14.9. The van der Waals surface area contributed by atoms with Crippen molar-refractivity contribution >= 4 is 29.0 Å². The Bertz CT molecular complexity index is 1230. The molecule has 3 heterocycles. The molecule has 2 aliphatic heterocycles. The molecule has 0 unspecified atom stereocenters. The van der Waals surface area contributed by atoms with E-state index >= 15 is 0 Å². The number of nitrogens with two attached hydrogens (primary N) is 1. The molecule has 0 aliphatic carbocycles. The molecule has 3 aromatic rings. The maximum Gasteiger partial charge on any atom is 0.278 e. The molecule has 2 aliphatic rings. The third-order valence-electron chi connectivity index (χ3n) is 6.32. The van der Waals surface area contributed by atoms with Gasteiger partial charge in [0, 0.05) is 51.5 Å². The molecular formula is C26H32N6O3. The fourth-order valence-corrected chi connectivity index (χ4v) is 4.39. The molecule has 0 atom stereocenters. The summed E-state index contributed by atoms with van der Waals surface area (Å²) in [5, 5.41) is 2.86. The van der Waals surface area contributed by atoms with Gasteiger partial charge < -0.3 is 25.6 Å². The summed E-state index contributed by atoms with van der Waals surface area (Å²) < 4.78 is 5.33. The van der Waals surface area contributed by atoms with Gasteiger partial charge in [0.15, 0.2) is 11.5 Å². The molecule has 9 nitrogen and oxygen atoms in total. The van der Waals surface area contributed by atoms with Gasteiger partial charge in [-0.1, -0.05) is 12.1 Å². The van der Waals surface area contributed by atoms with E-state index in [0.717, 1.165) is 18.8 Å². The Hall–Kier alpha value is -3.98. The van der Waals surface area contributed by atoms with Gasteiger partial charge in [-0.25, -0.2) is 9.97 Å². The Morgan fingerprint density at radius 3 is 2.49 bits per heavy atom. The molecule has 3 N–H and O–H groups in total. The highest BCUT2D eigenvalue weighted by molar-refractivity contribution is 6.06. The van der Waals surface area contributed by atoms with Crippen molar-refractivity contribution < 1.29 is 17.2 Å². The molecule has 35 heavy (non-hydrogen) atoms. The highest BCUT2D eigenvalue weighted by Crippen LogP contribution is 2.24. The number of carbonyl (C=O) groups is 2. The molecular weight excluding hydrogens is 444 g/mol. The zero-order valence-corrected chi connectivity index (χ0v) is 19.4. The van der Waals surface area contributed by atoms with Crippen LogP contribution in [0.25, 0.3) is 11.3 Å². The van der Waals surface area contributed by atoms with Gasteiger partial charge in [0.2, 0.25) is 0 Å². The van der Waals surface area contributed by atoms with Crippen LogP contribution in [0.2, 0.25) is 0 Å². The third kappa shape index (κ3) is 5.09. The van der Waals surface area contributed by atoms with E-state index in [0.29, 0.717) is 48.8 Å². The number of amides is 2. The standard InChI is InChI=1S/C26H28N6O3.2H2/c27-24-23(25(33)29-20-6-8-21(9-7-20)31-10-1-2-11-31)30-22(17-28-24)18-4-3-5-19(16-18)26(34)32-12-14-35-15-13-32;;/h3-9,16-17H,1-2,10-15H2,(H2,27,28)(H,29,33);2*1H. The Morgan fingerprint density at radius 1 is 1.00 bits per heavy atom. The van der Waals surface area contributed by atoms with Gasteiger partial charge >= 0.3 is 0 Å². The lowest BCUT2D eigenvalue weighted by Gasteiger charge is -2.27. The minimum Gasteiger partial charge on any atom is -0.382 e. The van der Waals surface area contributed by atoms with Crippen LogP contribution in [-0.2, 0) is 4.74 Å². The number of hydrogen-bond acceptors (Lipinski definition) is 7. The molecule has 0 spiro atoms. The van der Waals surface area contributed by atoms with Gasteiger partial charge in [-0.15, -0.1) is 0 Å². The van der Waals surface area contributed by atoms with E-state index in [1.54, 1.807) is 23.1 Å². The Kier molecular flexibility index (Phi) is 6.58. The highest BCUT2D eigenvalue weighted by Gasteiger charge is 2.20. The van der Waals surface area contributed by atoms with Gasteiger partial charge in [-0.3, -0.25) is 9.59 Å². The van der Waals surface area contributed by atoms with Gasteiger partial charge in [0.05, 0.1) is 25.1 Å². The first kappa shape index (κ1) is 22.8. The first-order valence-corrected chi connectivity index (χ1v) is 11.8. The molecule has 0 bridgehead atoms. The van der Waals surface area contributed by atoms with Crippen LogP contribution in [0.3, 0.4) is 0 Å². The van der Waals surface area contributed by atoms with Gasteiger partial charge in [0.1, 0.15) is 0 Å². The largest absolute Gasteiger partial charge is 0.382 e. The van der Waals surface area contributed by atoms with Crippen molar-refractivity contribution in [3.8, 4) is 11.3 Å². The lowest BCUT2D eigenvalue weighted by atomic mass is 10.1. The second-order valence-corrected chi connectivity index (χ2v) is 8.67. The topological polar surface area (TPSA) is 114 Å². The third-order valence-corrected chi connectivity index (χ3v) is 6.32. The van der Waals surface area contributed by atoms with Gasteiger partial charge in [-0.05, 0) is 49.2 Å². The zero-order valence-electron chi connectivity index (χ0n) is 19.4. The summed E-state index contributed by atoms with van der Waals surface area (Å²) in [6.07, 6.45) is 3.92. The van der Waals surface area contributed by atoms with Crippen LogP contribution in [0.4, 0.5) is 17.2 Å². The summed E-state index contributed by atoms with van der Waals surface area (Å²) in [5.74, 6) is -0.458. The number of morpholine rings is 1. The second-order valence-electron chi connectivity index (χ2n) is 8.67. The van der Waals surface area contributed by atoms with Crippen molar-refractivity contribution in [1.82, 2.24) is 14.9 Å². The van der Waals surface area contributed by atoms with Gasteiger partial charge in [0.25, 0.3) is 11.8 Å². The number of ether oxygens (including phenoxy) is 1. The number of anilines is 3. The number of carbonyl (C=O) groups excluding carboxylic acids is 2. The monoisotopic (exact) mass is 476 g/mol. The molecule has 2 saturated heterocycles. The molecule has 0 saturated carbocycles. The summed E-state index contributed by atoms with van der Waals surface area (Å²) in [4.78, 5) is 38.6. The number of nitrogens with one attached hydrogen (secondary N) is 1. The van der Waals surface area contributed by atoms with Crippen LogP contribution in [0, 0.1) is 0 Å². The van der Waals surface area contributed by atoms with Crippen LogP contribution in [0.15, 0.2) is 54.7 Å². The van der Waals surface area contributed by atoms with E-state index < -0.39 is 5.91 Å². The summed E-state index contributed by atoms with van der Waals surface area (Å²) >= 11 is 0. The molecule has 184 valence electrons. The number of rotatable bonds is 5. The quantitative estimate of drug-likeness (QED) is 0.579. The average molecular weight is 477 g/mol. The van der Waals surface area contributed by atoms with E-state index in [1.807, 2.05) is 30.3 Å². The number of hydrogen-bond donors (Lipinski definition) is 2. The predicted molar refractivity (Wildman–Crippen MR) is 139 cm³/mol. The van der Waals surface area contributed by atoms with E-state index in [2.05, 4.69) is 20.2 Å². The Labute approximate surface area is 206 Å². The molecule has 5 rings (SSSR count). The minimum atomic E-state index is -0.439. The van der Waals surface area contributed by atoms with Crippen molar-refractivity contribution in [3.05, 3.63) is 66.0 Å². The van der Waals surface area contributed by atoms with Crippen molar-refractivity contribution in [2.45, 2.75) is 12.8 Å². The lowest BCUT2D eigenvalue weighted by molar-refractivity contribution is 0.0303. The summed E-state index contributed by atoms with van der Waals surface area (Å²) in [5.41, 5.74) is 9.52. The lowest BCUT2D eigenvalue weighted by Crippen LogP contribution is -2.40. The normalized spacial score (nSPS) is 15.8. The fourth-order valence-electron chi connectivity index (χ4n) is 4.39. The van der Waals surface area contributed by atoms with Crippen molar-refractivity contribution in [2.75, 3.05) is 55.3 Å². The molecule has 9 heteroatoms. The maximum absolute atomic E-state index is 13.0. The molecule has 2 aromatic carbocycles. The molecule has 2 fully saturated rings. The molecule has 0 radical (unpaired) electrons. The van der Waals surface area contributed by atoms with Crippen molar-refractivity contribution in [3.63, 3.8) is 0 Å². The van der Waals surface area contributed by atoms with Gasteiger partial charge in [-0.2, -0.15) is 0 Å². The smallest absolute Gasteiger partial charge is 0.278 e. The number of benzene rings is 2. The van der Waals surface area contributed by atoms with Crippen LogP contribution in [0.1, 0.15) is 36.5 Å². The van der Waals surface area contributed by atoms with E-state index in [1.165, 1.54) is 19.0 Å². The minimum absolute atomic E-state index is 0. The Balaban J connectivity index is 0.00000190. The fraction of sp³-hybridized carbons (Fsp3) is 0.308. The second kappa shape index (κ2) is 10.1. The van der Waals surface area contributed by atoms with Crippen LogP contribution >= 0.6 is 0 Å². The Morgan fingerprint density at radius 2 is 1.74 bits per heavy atom. The average Bonchev–Trinajstić information content (AvgIpc) is 3.45. The summed E-state index contributed by atoms with van der Waals surface area (Å²) in [7, 11) is 0. The predicted octanol–water partition coefficient (Wildman–Crippen LogP) is 3.54. The maximum atomic E-state index is 13.0. The first-order chi connectivity index (χ1) is 17.1. The molecule has 1 aromatic heterocycles. The molecule has 2 amide bonds. The highest BCUT2D eigenvalue weighted by atomic mass is 16.5. The van der Waals surface area contributed by atoms with E-state index in [-0.39, 0.29) is 20.3 Å². The number of aromatic nitrogens is 2. The number of nitrogen functional groups attached to an aromatic ring is 1.